The largest absolute Gasteiger partial charge is 0.493 e. The number of ether oxygens (including phenoxy) is 4. The van der Waals surface area contributed by atoms with Gasteiger partial charge in [0.25, 0.3) is 0 Å². The van der Waals surface area contributed by atoms with Gasteiger partial charge in [0.2, 0.25) is 5.78 Å². The van der Waals surface area contributed by atoms with Crippen molar-refractivity contribution in [2.24, 2.45) is 0 Å². The predicted octanol–water partition coefficient (Wildman–Crippen LogP) is 5.35. The summed E-state index contributed by atoms with van der Waals surface area (Å²) in [6.45, 7) is 1.89. The van der Waals surface area contributed by atoms with E-state index in [4.69, 9.17) is 18.9 Å². The Hall–Kier alpha value is -3.80. The minimum atomic E-state index is -0.326. The first-order valence-corrected chi connectivity index (χ1v) is 9.68. The number of rotatable bonds is 6. The Morgan fingerprint density at radius 2 is 1.71 bits per heavy atom. The number of ketones is 1. The van der Waals surface area contributed by atoms with E-state index in [1.165, 1.54) is 6.07 Å². The van der Waals surface area contributed by atoms with Crippen LogP contribution in [0.5, 0.6) is 23.0 Å². The van der Waals surface area contributed by atoms with E-state index in [1.807, 2.05) is 13.0 Å². The lowest BCUT2D eigenvalue weighted by atomic mass is 10.1. The van der Waals surface area contributed by atoms with E-state index in [0.29, 0.717) is 39.7 Å². The number of hydrogen-bond donors (Lipinski definition) is 0. The molecule has 0 aromatic heterocycles. The first-order chi connectivity index (χ1) is 15.0. The van der Waals surface area contributed by atoms with Crippen molar-refractivity contribution in [3.05, 3.63) is 88.4 Å². The highest BCUT2D eigenvalue weighted by Crippen LogP contribution is 2.40. The van der Waals surface area contributed by atoms with Crippen LogP contribution in [0.1, 0.15) is 27.0 Å². The fraction of sp³-hybridized carbons (Fsp3) is 0.160. The van der Waals surface area contributed by atoms with Gasteiger partial charge in [-0.15, -0.1) is 0 Å². The Balaban J connectivity index is 1.58. The zero-order valence-corrected chi connectivity index (χ0v) is 17.4. The molecule has 3 aromatic rings. The molecule has 0 aliphatic carbocycles. The summed E-state index contributed by atoms with van der Waals surface area (Å²) in [7, 11) is 3.11. The minimum Gasteiger partial charge on any atom is -0.493 e. The molecule has 0 fully saturated rings. The Kier molecular flexibility index (Phi) is 5.62. The molecule has 0 atom stereocenters. The highest BCUT2D eigenvalue weighted by molar-refractivity contribution is 6.15. The van der Waals surface area contributed by atoms with Crippen molar-refractivity contribution in [3.8, 4) is 23.0 Å². The van der Waals surface area contributed by atoms with Crippen LogP contribution in [0.4, 0.5) is 4.39 Å². The molecular formula is C25H21FO5. The molecule has 0 saturated heterocycles. The van der Waals surface area contributed by atoms with E-state index < -0.39 is 0 Å². The first-order valence-electron chi connectivity index (χ1n) is 9.68. The predicted molar refractivity (Wildman–Crippen MR) is 114 cm³/mol. The van der Waals surface area contributed by atoms with Crippen molar-refractivity contribution in [2.75, 3.05) is 14.2 Å². The van der Waals surface area contributed by atoms with Crippen molar-refractivity contribution in [1.82, 2.24) is 0 Å². The summed E-state index contributed by atoms with van der Waals surface area (Å²) in [6, 6.07) is 15.1. The van der Waals surface area contributed by atoms with E-state index in [9.17, 15) is 9.18 Å². The summed E-state index contributed by atoms with van der Waals surface area (Å²) in [6.07, 6.45) is 1.66. The topological polar surface area (TPSA) is 54.0 Å². The van der Waals surface area contributed by atoms with Crippen molar-refractivity contribution in [1.29, 1.82) is 0 Å². The summed E-state index contributed by atoms with van der Waals surface area (Å²) in [5, 5.41) is 0. The molecule has 1 aliphatic rings. The zero-order valence-electron chi connectivity index (χ0n) is 17.4. The fourth-order valence-electron chi connectivity index (χ4n) is 3.39. The van der Waals surface area contributed by atoms with Gasteiger partial charge in [-0.05, 0) is 48.9 Å². The van der Waals surface area contributed by atoms with E-state index in [0.717, 1.165) is 5.56 Å². The second kappa shape index (κ2) is 8.52. The summed E-state index contributed by atoms with van der Waals surface area (Å²) < 4.78 is 36.1. The SMILES string of the molecule is COc1ccc(/C=C2\Oc3c(ccc(OCc4ccccc4F)c3C)C2=O)cc1OC. The summed E-state index contributed by atoms with van der Waals surface area (Å²) >= 11 is 0. The van der Waals surface area contributed by atoms with Crippen LogP contribution < -0.4 is 18.9 Å². The molecule has 0 unspecified atom stereocenters. The number of carbonyl (C=O) groups excluding carboxylic acids is 1. The molecule has 3 aromatic carbocycles. The van der Waals surface area contributed by atoms with Gasteiger partial charge in [-0.1, -0.05) is 24.3 Å². The molecule has 0 N–H and O–H groups in total. The van der Waals surface area contributed by atoms with Gasteiger partial charge in [0, 0.05) is 11.1 Å². The average Bonchev–Trinajstić information content (AvgIpc) is 3.10. The maximum atomic E-state index is 13.9. The Morgan fingerprint density at radius 1 is 0.968 bits per heavy atom. The number of benzene rings is 3. The maximum absolute atomic E-state index is 13.9. The quantitative estimate of drug-likeness (QED) is 0.504. The van der Waals surface area contributed by atoms with Gasteiger partial charge in [0.1, 0.15) is 23.9 Å². The Labute approximate surface area is 179 Å². The normalized spacial score (nSPS) is 13.7. The summed E-state index contributed by atoms with van der Waals surface area (Å²) in [5.74, 6) is 1.79. The van der Waals surface area contributed by atoms with Crippen molar-refractivity contribution >= 4 is 11.9 Å². The molecule has 5 nitrogen and oxygen atoms in total. The third-order valence-electron chi connectivity index (χ3n) is 5.08. The maximum Gasteiger partial charge on any atom is 0.231 e. The average molecular weight is 420 g/mol. The van der Waals surface area contributed by atoms with Gasteiger partial charge in [-0.2, -0.15) is 0 Å². The lowest BCUT2D eigenvalue weighted by Gasteiger charge is -2.12. The number of fused-ring (bicyclic) bond motifs is 1. The van der Waals surface area contributed by atoms with Crippen LogP contribution in [-0.2, 0) is 6.61 Å². The van der Waals surface area contributed by atoms with E-state index in [-0.39, 0.29) is 24.0 Å². The molecule has 1 heterocycles. The summed E-state index contributed by atoms with van der Waals surface area (Å²) in [4.78, 5) is 12.8. The van der Waals surface area contributed by atoms with Crippen LogP contribution in [-0.4, -0.2) is 20.0 Å². The van der Waals surface area contributed by atoms with Gasteiger partial charge in [0.05, 0.1) is 19.8 Å². The van der Waals surface area contributed by atoms with Crippen LogP contribution in [0.3, 0.4) is 0 Å². The van der Waals surface area contributed by atoms with E-state index >= 15 is 0 Å². The molecule has 1 aliphatic heterocycles. The molecule has 0 spiro atoms. The molecule has 4 rings (SSSR count). The highest BCUT2D eigenvalue weighted by atomic mass is 19.1. The number of carbonyl (C=O) groups is 1. The first kappa shape index (κ1) is 20.5. The lowest BCUT2D eigenvalue weighted by molar-refractivity contribution is 0.101. The summed E-state index contributed by atoms with van der Waals surface area (Å²) in [5.41, 5.74) is 2.33. The third-order valence-corrected chi connectivity index (χ3v) is 5.08. The monoisotopic (exact) mass is 420 g/mol. The number of methoxy groups -OCH3 is 2. The molecule has 0 saturated carbocycles. The van der Waals surface area contributed by atoms with Crippen LogP contribution in [0, 0.1) is 12.7 Å². The number of Topliss-reactive ketones (excluding diaryl/α,β-unsaturated/α-hetero) is 1. The van der Waals surface area contributed by atoms with Gasteiger partial charge < -0.3 is 18.9 Å². The second-order valence-electron chi connectivity index (χ2n) is 7.00. The van der Waals surface area contributed by atoms with Crippen LogP contribution in [0.15, 0.2) is 60.4 Å². The Bertz CT molecular complexity index is 1180. The van der Waals surface area contributed by atoms with Gasteiger partial charge >= 0.3 is 0 Å². The van der Waals surface area contributed by atoms with Crippen LogP contribution in [0.25, 0.3) is 6.08 Å². The molecular weight excluding hydrogens is 399 g/mol. The molecule has 31 heavy (non-hydrogen) atoms. The van der Waals surface area contributed by atoms with Crippen molar-refractivity contribution in [2.45, 2.75) is 13.5 Å². The van der Waals surface area contributed by atoms with Gasteiger partial charge in [0.15, 0.2) is 17.3 Å². The van der Waals surface area contributed by atoms with Crippen molar-refractivity contribution in [3.63, 3.8) is 0 Å². The zero-order chi connectivity index (χ0) is 22.0. The standard InChI is InChI=1S/C25H21FO5/c1-15-20(30-14-17-6-4-5-7-19(17)26)11-9-18-24(27)23(31-25(15)18)13-16-8-10-21(28-2)22(12-16)29-3/h4-13H,14H2,1-3H3/b23-13-. The number of halogens is 1. The highest BCUT2D eigenvalue weighted by Gasteiger charge is 2.30. The number of hydrogen-bond acceptors (Lipinski definition) is 5. The molecule has 0 bridgehead atoms. The smallest absolute Gasteiger partial charge is 0.231 e. The number of allylic oxidation sites excluding steroid dienone is 1. The molecule has 0 radical (unpaired) electrons. The molecule has 0 amide bonds. The van der Waals surface area contributed by atoms with Crippen molar-refractivity contribution < 1.29 is 28.1 Å². The minimum absolute atomic E-state index is 0.0780. The van der Waals surface area contributed by atoms with Gasteiger partial charge in [-0.25, -0.2) is 4.39 Å². The van der Waals surface area contributed by atoms with Gasteiger partial charge in [-0.3, -0.25) is 4.79 Å². The molecule has 6 heteroatoms. The third kappa shape index (κ3) is 3.97. The van der Waals surface area contributed by atoms with E-state index in [1.54, 1.807) is 62.8 Å². The fourth-order valence-corrected chi connectivity index (χ4v) is 3.39. The molecule has 158 valence electrons. The lowest BCUT2D eigenvalue weighted by Crippen LogP contribution is -2.00. The Morgan fingerprint density at radius 3 is 2.45 bits per heavy atom. The second-order valence-corrected chi connectivity index (χ2v) is 7.00. The van der Waals surface area contributed by atoms with Crippen LogP contribution in [0.2, 0.25) is 0 Å². The van der Waals surface area contributed by atoms with E-state index in [2.05, 4.69) is 0 Å². The van der Waals surface area contributed by atoms with Crippen LogP contribution >= 0.6 is 0 Å².